The van der Waals surface area contributed by atoms with E-state index in [4.69, 9.17) is 9.51 Å². The SMILES string of the molecule is CN1CCN(c2cccc(-c3noc(CN4CCCCC(O)C4=O)n3)n2)CC1. The first kappa shape index (κ1) is 18.8. The number of anilines is 1. The molecule has 2 aromatic rings. The molecule has 0 aliphatic carbocycles. The Morgan fingerprint density at radius 3 is 2.79 bits per heavy atom. The smallest absolute Gasteiger partial charge is 0.251 e. The molecule has 2 saturated heterocycles. The highest BCUT2D eigenvalue weighted by Gasteiger charge is 2.26. The van der Waals surface area contributed by atoms with E-state index in [-0.39, 0.29) is 12.5 Å². The molecule has 1 atom stereocenters. The van der Waals surface area contributed by atoms with E-state index < -0.39 is 6.10 Å². The van der Waals surface area contributed by atoms with E-state index in [1.165, 1.54) is 0 Å². The molecule has 2 aliphatic heterocycles. The lowest BCUT2D eigenvalue weighted by atomic mass is 10.2. The largest absolute Gasteiger partial charge is 0.383 e. The van der Waals surface area contributed by atoms with Gasteiger partial charge in [0, 0.05) is 32.7 Å². The molecule has 9 nitrogen and oxygen atoms in total. The molecule has 2 aromatic heterocycles. The lowest BCUT2D eigenvalue weighted by Gasteiger charge is -2.33. The topological polar surface area (TPSA) is 98.8 Å². The summed E-state index contributed by atoms with van der Waals surface area (Å²) in [5.74, 6) is 1.40. The molecule has 0 saturated carbocycles. The fraction of sp³-hybridized carbons (Fsp3) is 0.579. The molecule has 0 aromatic carbocycles. The summed E-state index contributed by atoms with van der Waals surface area (Å²) in [5.41, 5.74) is 0.647. The summed E-state index contributed by atoms with van der Waals surface area (Å²) >= 11 is 0. The maximum atomic E-state index is 12.2. The van der Waals surface area contributed by atoms with Crippen LogP contribution < -0.4 is 4.90 Å². The van der Waals surface area contributed by atoms with Gasteiger partial charge in [-0.3, -0.25) is 4.79 Å². The number of piperazine rings is 1. The van der Waals surface area contributed by atoms with E-state index in [0.717, 1.165) is 44.8 Å². The zero-order valence-electron chi connectivity index (χ0n) is 16.1. The molecule has 28 heavy (non-hydrogen) atoms. The van der Waals surface area contributed by atoms with E-state index in [2.05, 4.69) is 27.0 Å². The molecule has 4 rings (SSSR count). The summed E-state index contributed by atoms with van der Waals surface area (Å²) in [6.45, 7) is 4.68. The quantitative estimate of drug-likeness (QED) is 0.822. The number of amides is 1. The van der Waals surface area contributed by atoms with Crippen molar-refractivity contribution in [2.45, 2.75) is 31.9 Å². The highest BCUT2D eigenvalue weighted by molar-refractivity contribution is 5.80. The molecule has 0 spiro atoms. The Bertz CT molecular complexity index is 818. The Kier molecular flexibility index (Phi) is 5.54. The average Bonchev–Trinajstić information content (AvgIpc) is 3.12. The first-order chi connectivity index (χ1) is 13.6. The number of rotatable bonds is 4. The molecular formula is C19H26N6O3. The van der Waals surface area contributed by atoms with Gasteiger partial charge < -0.3 is 24.3 Å². The van der Waals surface area contributed by atoms with Gasteiger partial charge in [-0.1, -0.05) is 11.2 Å². The van der Waals surface area contributed by atoms with Crippen molar-refractivity contribution in [1.29, 1.82) is 0 Å². The minimum Gasteiger partial charge on any atom is -0.383 e. The van der Waals surface area contributed by atoms with Crippen LogP contribution in [0.2, 0.25) is 0 Å². The summed E-state index contributed by atoms with van der Waals surface area (Å²) in [6, 6.07) is 5.79. The second-order valence-electron chi connectivity index (χ2n) is 7.45. The lowest BCUT2D eigenvalue weighted by Crippen LogP contribution is -2.44. The summed E-state index contributed by atoms with van der Waals surface area (Å²) in [4.78, 5) is 27.5. The van der Waals surface area contributed by atoms with E-state index >= 15 is 0 Å². The van der Waals surface area contributed by atoms with Gasteiger partial charge in [-0.2, -0.15) is 4.98 Å². The minimum absolute atomic E-state index is 0.209. The number of hydrogen-bond donors (Lipinski definition) is 1. The highest BCUT2D eigenvalue weighted by atomic mass is 16.5. The Labute approximate surface area is 163 Å². The van der Waals surface area contributed by atoms with Gasteiger partial charge in [-0.25, -0.2) is 4.98 Å². The number of aliphatic hydroxyl groups excluding tert-OH is 1. The lowest BCUT2D eigenvalue weighted by molar-refractivity contribution is -0.140. The average molecular weight is 386 g/mol. The van der Waals surface area contributed by atoms with Crippen LogP contribution in [-0.2, 0) is 11.3 Å². The van der Waals surface area contributed by atoms with Crippen LogP contribution >= 0.6 is 0 Å². The van der Waals surface area contributed by atoms with Crippen molar-refractivity contribution in [3.8, 4) is 11.5 Å². The molecule has 4 heterocycles. The van der Waals surface area contributed by atoms with Gasteiger partial charge in [0.1, 0.15) is 24.2 Å². The van der Waals surface area contributed by atoms with Crippen molar-refractivity contribution in [3.63, 3.8) is 0 Å². The predicted octanol–water partition coefficient (Wildman–Crippen LogP) is 0.757. The summed E-state index contributed by atoms with van der Waals surface area (Å²) in [5, 5.41) is 13.9. The van der Waals surface area contributed by atoms with Crippen molar-refractivity contribution >= 4 is 11.7 Å². The van der Waals surface area contributed by atoms with Gasteiger partial charge in [0.2, 0.25) is 11.7 Å². The van der Waals surface area contributed by atoms with Crippen molar-refractivity contribution < 1.29 is 14.4 Å². The molecule has 0 radical (unpaired) electrons. The molecule has 0 bridgehead atoms. The Morgan fingerprint density at radius 1 is 1.14 bits per heavy atom. The number of hydrogen-bond acceptors (Lipinski definition) is 8. The Hall–Kier alpha value is -2.52. The molecule has 1 unspecified atom stereocenters. The zero-order valence-corrected chi connectivity index (χ0v) is 16.1. The minimum atomic E-state index is -0.938. The third-order valence-corrected chi connectivity index (χ3v) is 5.34. The van der Waals surface area contributed by atoms with Crippen LogP contribution in [-0.4, -0.2) is 81.8 Å². The number of likely N-dealkylation sites (N-methyl/N-ethyl adjacent to an activating group) is 1. The van der Waals surface area contributed by atoms with Gasteiger partial charge >= 0.3 is 0 Å². The van der Waals surface area contributed by atoms with Gasteiger partial charge in [-0.15, -0.1) is 0 Å². The standard InChI is InChI=1S/C19H26N6O3/c1-23-9-11-24(12-10-23)16-7-4-5-14(20-16)18-21-17(28-22-18)13-25-8-3-2-6-15(26)19(25)27/h4-5,7,15,26H,2-3,6,8-13H2,1H3. The van der Waals surface area contributed by atoms with Crippen LogP contribution in [0.4, 0.5) is 5.82 Å². The normalized spacial score (nSPS) is 21.8. The second kappa shape index (κ2) is 8.24. The summed E-state index contributed by atoms with van der Waals surface area (Å²) < 4.78 is 5.35. The monoisotopic (exact) mass is 386 g/mol. The van der Waals surface area contributed by atoms with Crippen LogP contribution in [0, 0.1) is 0 Å². The van der Waals surface area contributed by atoms with Crippen molar-refractivity contribution in [2.24, 2.45) is 0 Å². The molecule has 9 heteroatoms. The maximum Gasteiger partial charge on any atom is 0.251 e. The number of carbonyl (C=O) groups excluding carboxylic acids is 1. The predicted molar refractivity (Wildman–Crippen MR) is 103 cm³/mol. The molecule has 150 valence electrons. The maximum absolute atomic E-state index is 12.2. The fourth-order valence-electron chi connectivity index (χ4n) is 3.59. The number of aliphatic hydroxyl groups is 1. The number of nitrogens with zero attached hydrogens (tertiary/aromatic N) is 6. The number of carbonyl (C=O) groups is 1. The molecular weight excluding hydrogens is 360 g/mol. The van der Waals surface area contributed by atoms with Gasteiger partial charge in [0.25, 0.3) is 5.91 Å². The van der Waals surface area contributed by atoms with E-state index in [0.29, 0.717) is 30.4 Å². The van der Waals surface area contributed by atoms with E-state index in [9.17, 15) is 9.90 Å². The van der Waals surface area contributed by atoms with Crippen LogP contribution in [0.25, 0.3) is 11.5 Å². The molecule has 2 fully saturated rings. The number of likely N-dealkylation sites (tertiary alicyclic amines) is 1. The first-order valence-electron chi connectivity index (χ1n) is 9.80. The summed E-state index contributed by atoms with van der Waals surface area (Å²) in [7, 11) is 2.12. The van der Waals surface area contributed by atoms with Crippen LogP contribution in [0.5, 0.6) is 0 Å². The second-order valence-corrected chi connectivity index (χ2v) is 7.45. The number of pyridine rings is 1. The van der Waals surface area contributed by atoms with Crippen molar-refractivity contribution in [2.75, 3.05) is 44.7 Å². The van der Waals surface area contributed by atoms with Gasteiger partial charge in [0.05, 0.1) is 0 Å². The molecule has 1 amide bonds. The van der Waals surface area contributed by atoms with Crippen molar-refractivity contribution in [3.05, 3.63) is 24.1 Å². The summed E-state index contributed by atoms with van der Waals surface area (Å²) in [6.07, 6.45) is 1.26. The Morgan fingerprint density at radius 2 is 1.96 bits per heavy atom. The zero-order chi connectivity index (χ0) is 19.5. The van der Waals surface area contributed by atoms with Gasteiger partial charge in [0.15, 0.2) is 0 Å². The van der Waals surface area contributed by atoms with Crippen molar-refractivity contribution in [1.82, 2.24) is 24.9 Å². The van der Waals surface area contributed by atoms with E-state index in [1.54, 1.807) is 4.90 Å². The fourth-order valence-corrected chi connectivity index (χ4v) is 3.59. The van der Waals surface area contributed by atoms with Crippen LogP contribution in [0.1, 0.15) is 25.2 Å². The first-order valence-corrected chi connectivity index (χ1v) is 9.80. The van der Waals surface area contributed by atoms with E-state index in [1.807, 2.05) is 18.2 Å². The third kappa shape index (κ3) is 4.15. The van der Waals surface area contributed by atoms with Crippen LogP contribution in [0.15, 0.2) is 22.7 Å². The number of aromatic nitrogens is 3. The Balaban J connectivity index is 1.47. The van der Waals surface area contributed by atoms with Gasteiger partial charge in [-0.05, 0) is 38.4 Å². The third-order valence-electron chi connectivity index (χ3n) is 5.34. The molecule has 2 aliphatic rings. The molecule has 1 N–H and O–H groups in total. The highest BCUT2D eigenvalue weighted by Crippen LogP contribution is 2.20. The van der Waals surface area contributed by atoms with Crippen LogP contribution in [0.3, 0.4) is 0 Å².